The first-order chi connectivity index (χ1) is 17.0. The number of hydrogen-bond donors (Lipinski definition) is 2. The van der Waals surface area contributed by atoms with E-state index in [1.165, 1.54) is 20.1 Å². The summed E-state index contributed by atoms with van der Waals surface area (Å²) in [6.45, 7) is 5.49. The fourth-order valence-electron chi connectivity index (χ4n) is 3.85. The van der Waals surface area contributed by atoms with E-state index >= 15 is 0 Å². The van der Waals surface area contributed by atoms with Gasteiger partial charge in [0.2, 0.25) is 0 Å². The minimum absolute atomic E-state index is 0.195. The molecule has 2 atom stereocenters. The predicted octanol–water partition coefficient (Wildman–Crippen LogP) is 5.81. The number of fused-ring (bicyclic) bond motifs is 1. The van der Waals surface area contributed by atoms with Gasteiger partial charge in [-0.1, -0.05) is 0 Å². The van der Waals surface area contributed by atoms with Gasteiger partial charge in [0.1, 0.15) is 23.6 Å². The molecule has 4 rings (SSSR count). The second kappa shape index (κ2) is 9.96. The van der Waals surface area contributed by atoms with Crippen molar-refractivity contribution in [2.75, 3.05) is 24.8 Å². The van der Waals surface area contributed by atoms with Crippen molar-refractivity contribution < 1.29 is 31.8 Å². The zero-order valence-electron chi connectivity index (χ0n) is 20.4. The van der Waals surface area contributed by atoms with Crippen LogP contribution < -0.4 is 20.5 Å². The molecule has 1 heterocycles. The van der Waals surface area contributed by atoms with Gasteiger partial charge in [-0.2, -0.15) is 13.2 Å². The zero-order valence-corrected chi connectivity index (χ0v) is 20.4. The highest BCUT2D eigenvalue weighted by Crippen LogP contribution is 2.38. The Balaban J connectivity index is 1.69. The van der Waals surface area contributed by atoms with Gasteiger partial charge in [-0.15, -0.1) is 0 Å². The summed E-state index contributed by atoms with van der Waals surface area (Å²) < 4.78 is 72.0. The Labute approximate surface area is 206 Å². The summed E-state index contributed by atoms with van der Waals surface area (Å²) in [5.74, 6) is 0.198. The summed E-state index contributed by atoms with van der Waals surface area (Å²) in [6, 6.07) is 4.24. The number of halogens is 4. The second-order valence-electron chi connectivity index (χ2n) is 8.94. The van der Waals surface area contributed by atoms with E-state index in [0.29, 0.717) is 46.7 Å². The molecular weight excluding hydrogens is 480 g/mol. The Morgan fingerprint density at radius 2 is 1.83 bits per heavy atom. The molecule has 36 heavy (non-hydrogen) atoms. The Hall–Kier alpha value is -3.34. The van der Waals surface area contributed by atoms with Gasteiger partial charge in [-0.3, -0.25) is 0 Å². The summed E-state index contributed by atoms with van der Waals surface area (Å²) in [7, 11) is 1.51. The standard InChI is InChI=1S/C25H28F4N4O3/c1-12(11-35-16-5-6-16)36-22-9-18-20(10-21(22)34-4)32-14(3)33-24(18)31-13(2)17-7-15(30)8-19(23(17)26)25(27,28)29/h7-10,12-13,16H,5-6,11,30H2,1-4H3,(H,31,32,33)/t12-,13-/m1/s1. The minimum Gasteiger partial charge on any atom is -0.493 e. The number of hydrogen-bond acceptors (Lipinski definition) is 7. The van der Waals surface area contributed by atoms with Crippen LogP contribution in [-0.4, -0.2) is 35.9 Å². The first-order valence-electron chi connectivity index (χ1n) is 11.5. The van der Waals surface area contributed by atoms with Crippen LogP contribution in [0.5, 0.6) is 11.5 Å². The highest BCUT2D eigenvalue weighted by atomic mass is 19.4. The van der Waals surface area contributed by atoms with Crippen molar-refractivity contribution >= 4 is 22.4 Å². The molecule has 7 nitrogen and oxygen atoms in total. The number of anilines is 2. The molecule has 1 aliphatic rings. The van der Waals surface area contributed by atoms with Gasteiger partial charge in [-0.05, 0) is 51.8 Å². The fourth-order valence-corrected chi connectivity index (χ4v) is 3.85. The van der Waals surface area contributed by atoms with E-state index in [1.54, 1.807) is 19.1 Å². The molecular formula is C25H28F4N4O3. The van der Waals surface area contributed by atoms with E-state index in [1.807, 2.05) is 6.92 Å². The van der Waals surface area contributed by atoms with Crippen LogP contribution in [0.25, 0.3) is 10.9 Å². The predicted molar refractivity (Wildman–Crippen MR) is 128 cm³/mol. The van der Waals surface area contributed by atoms with Gasteiger partial charge in [0, 0.05) is 22.7 Å². The van der Waals surface area contributed by atoms with Crippen LogP contribution >= 0.6 is 0 Å². The number of nitrogens with one attached hydrogen (secondary N) is 1. The number of benzene rings is 2. The molecule has 0 saturated heterocycles. The molecule has 11 heteroatoms. The third kappa shape index (κ3) is 5.72. The highest BCUT2D eigenvalue weighted by molar-refractivity contribution is 5.92. The molecule has 1 aliphatic carbocycles. The van der Waals surface area contributed by atoms with E-state index in [-0.39, 0.29) is 23.5 Å². The fraction of sp³-hybridized carbons (Fsp3) is 0.440. The van der Waals surface area contributed by atoms with Crippen LogP contribution in [0.15, 0.2) is 24.3 Å². The molecule has 0 bridgehead atoms. The summed E-state index contributed by atoms with van der Waals surface area (Å²) in [5, 5.41) is 3.55. The van der Waals surface area contributed by atoms with E-state index in [9.17, 15) is 17.6 Å². The normalized spacial score (nSPS) is 15.6. The van der Waals surface area contributed by atoms with Crippen molar-refractivity contribution in [3.05, 3.63) is 47.0 Å². The van der Waals surface area contributed by atoms with Crippen LogP contribution in [0.4, 0.5) is 29.1 Å². The first kappa shape index (κ1) is 25.7. The summed E-state index contributed by atoms with van der Waals surface area (Å²) in [5.41, 5.74) is 4.33. The summed E-state index contributed by atoms with van der Waals surface area (Å²) in [6.07, 6.45) is -2.76. The van der Waals surface area contributed by atoms with E-state index in [0.717, 1.165) is 12.8 Å². The lowest BCUT2D eigenvalue weighted by Crippen LogP contribution is -2.20. The topological polar surface area (TPSA) is 91.5 Å². The van der Waals surface area contributed by atoms with Crippen LogP contribution in [0.2, 0.25) is 0 Å². The third-order valence-corrected chi connectivity index (χ3v) is 5.76. The molecule has 0 aliphatic heterocycles. The van der Waals surface area contributed by atoms with E-state index in [2.05, 4.69) is 15.3 Å². The Kier molecular flexibility index (Phi) is 7.12. The Bertz CT molecular complexity index is 1260. The number of alkyl halides is 3. The number of nitrogens with two attached hydrogens (primary N) is 1. The second-order valence-corrected chi connectivity index (χ2v) is 8.94. The van der Waals surface area contributed by atoms with Crippen molar-refractivity contribution in [1.82, 2.24) is 9.97 Å². The van der Waals surface area contributed by atoms with E-state index in [4.69, 9.17) is 19.9 Å². The third-order valence-electron chi connectivity index (χ3n) is 5.76. The van der Waals surface area contributed by atoms with Crippen molar-refractivity contribution in [2.45, 2.75) is 58.0 Å². The van der Waals surface area contributed by atoms with Crippen molar-refractivity contribution in [1.29, 1.82) is 0 Å². The number of methoxy groups -OCH3 is 1. The van der Waals surface area contributed by atoms with Crippen LogP contribution in [-0.2, 0) is 10.9 Å². The van der Waals surface area contributed by atoms with Gasteiger partial charge in [0.25, 0.3) is 0 Å². The maximum atomic E-state index is 14.8. The summed E-state index contributed by atoms with van der Waals surface area (Å²) in [4.78, 5) is 8.85. The van der Waals surface area contributed by atoms with Crippen molar-refractivity contribution in [2.24, 2.45) is 0 Å². The zero-order chi connectivity index (χ0) is 26.2. The molecule has 0 spiro atoms. The molecule has 194 valence electrons. The van der Waals surface area contributed by atoms with E-state index < -0.39 is 23.6 Å². The average Bonchev–Trinajstić information content (AvgIpc) is 3.62. The van der Waals surface area contributed by atoms with Gasteiger partial charge < -0.3 is 25.3 Å². The van der Waals surface area contributed by atoms with Crippen molar-refractivity contribution in [3.63, 3.8) is 0 Å². The molecule has 1 aromatic heterocycles. The molecule has 0 radical (unpaired) electrons. The lowest BCUT2D eigenvalue weighted by Gasteiger charge is -2.21. The molecule has 0 unspecified atom stereocenters. The summed E-state index contributed by atoms with van der Waals surface area (Å²) >= 11 is 0. The highest BCUT2D eigenvalue weighted by Gasteiger charge is 2.36. The van der Waals surface area contributed by atoms with Gasteiger partial charge in [-0.25, -0.2) is 14.4 Å². The number of aryl methyl sites for hydroxylation is 1. The van der Waals surface area contributed by atoms with Crippen LogP contribution in [0.1, 0.15) is 49.7 Å². The number of ether oxygens (including phenoxy) is 3. The van der Waals surface area contributed by atoms with Gasteiger partial charge >= 0.3 is 6.18 Å². The molecule has 3 aromatic rings. The lowest BCUT2D eigenvalue weighted by molar-refractivity contribution is -0.140. The van der Waals surface area contributed by atoms with Crippen LogP contribution in [0, 0.1) is 12.7 Å². The van der Waals surface area contributed by atoms with Gasteiger partial charge in [0.05, 0.1) is 36.9 Å². The number of nitrogens with zero attached hydrogens (tertiary/aromatic N) is 2. The Morgan fingerprint density at radius 1 is 1.11 bits per heavy atom. The molecule has 1 saturated carbocycles. The quantitative estimate of drug-likeness (QED) is 0.279. The number of rotatable bonds is 9. The lowest BCUT2D eigenvalue weighted by atomic mass is 10.0. The molecule has 1 fully saturated rings. The largest absolute Gasteiger partial charge is 0.493 e. The maximum absolute atomic E-state index is 14.8. The Morgan fingerprint density at radius 3 is 2.47 bits per heavy atom. The number of aromatic nitrogens is 2. The number of nitrogen functional groups attached to an aromatic ring is 1. The van der Waals surface area contributed by atoms with Crippen molar-refractivity contribution in [3.8, 4) is 11.5 Å². The SMILES string of the molecule is COc1cc2nc(C)nc(N[C@H](C)c3cc(N)cc(C(F)(F)F)c3F)c2cc1O[C@H](C)COC1CC1. The molecule has 0 amide bonds. The monoisotopic (exact) mass is 508 g/mol. The van der Waals surface area contributed by atoms with Gasteiger partial charge in [0.15, 0.2) is 11.5 Å². The molecule has 3 N–H and O–H groups in total. The molecule has 2 aromatic carbocycles. The smallest absolute Gasteiger partial charge is 0.419 e. The average molecular weight is 509 g/mol. The minimum atomic E-state index is -4.88. The maximum Gasteiger partial charge on any atom is 0.419 e. The first-order valence-corrected chi connectivity index (χ1v) is 11.5. The van der Waals surface area contributed by atoms with Crippen LogP contribution in [0.3, 0.4) is 0 Å².